The number of ether oxygens (including phenoxy) is 3. The molecule has 2 aromatic rings. The number of hydrogen-bond acceptors (Lipinski definition) is 6. The molecule has 2 aromatic carbocycles. The fourth-order valence-electron chi connectivity index (χ4n) is 2.53. The van der Waals surface area contributed by atoms with Crippen LogP contribution in [0.3, 0.4) is 0 Å². The third-order valence-corrected chi connectivity index (χ3v) is 4.08. The summed E-state index contributed by atoms with van der Waals surface area (Å²) in [6.45, 7) is 4.85. The van der Waals surface area contributed by atoms with E-state index < -0.39 is 24.6 Å². The van der Waals surface area contributed by atoms with E-state index in [4.69, 9.17) is 14.2 Å². The summed E-state index contributed by atoms with van der Waals surface area (Å²) in [5.41, 5.74) is 2.96. The Morgan fingerprint density at radius 2 is 1.79 bits per heavy atom. The van der Waals surface area contributed by atoms with Gasteiger partial charge >= 0.3 is 5.97 Å². The van der Waals surface area contributed by atoms with Gasteiger partial charge in [-0.1, -0.05) is 18.2 Å². The Kier molecular flexibility index (Phi) is 7.14. The molecule has 1 amide bonds. The maximum Gasteiger partial charge on any atom is 0.344 e. The Hall–Kier alpha value is -3.35. The first-order chi connectivity index (χ1) is 13.3. The molecule has 0 heterocycles. The molecule has 0 aromatic heterocycles. The number of anilines is 1. The van der Waals surface area contributed by atoms with Gasteiger partial charge in [0.25, 0.3) is 5.91 Å². The number of benzene rings is 2. The van der Waals surface area contributed by atoms with Gasteiger partial charge in [0, 0.05) is 11.3 Å². The second kappa shape index (κ2) is 9.55. The van der Waals surface area contributed by atoms with Gasteiger partial charge in [0.15, 0.2) is 24.2 Å². The molecule has 1 N–H and O–H groups in total. The number of aryl methyl sites for hydroxylation is 2. The Bertz CT molecular complexity index is 857. The number of para-hydroxylation sites is 1. The van der Waals surface area contributed by atoms with Crippen molar-refractivity contribution in [1.82, 2.24) is 0 Å². The highest BCUT2D eigenvalue weighted by atomic mass is 16.6. The molecule has 0 saturated heterocycles. The lowest BCUT2D eigenvalue weighted by molar-refractivity contribution is -0.155. The van der Waals surface area contributed by atoms with Gasteiger partial charge in [0.2, 0.25) is 0 Å². The Labute approximate surface area is 163 Å². The van der Waals surface area contributed by atoms with Gasteiger partial charge in [-0.2, -0.15) is 0 Å². The monoisotopic (exact) mass is 385 g/mol. The molecule has 2 rings (SSSR count). The number of amides is 1. The molecular weight excluding hydrogens is 362 g/mol. The van der Waals surface area contributed by atoms with Crippen LogP contribution < -0.4 is 14.8 Å². The SMILES string of the molecule is COc1cc(C=O)ccc1OCC(=O)O[C@@H](C)C(=O)Nc1c(C)cccc1C. The van der Waals surface area contributed by atoms with Crippen molar-refractivity contribution in [3.05, 3.63) is 53.1 Å². The van der Waals surface area contributed by atoms with Crippen molar-refractivity contribution < 1.29 is 28.6 Å². The summed E-state index contributed by atoms with van der Waals surface area (Å²) >= 11 is 0. The third kappa shape index (κ3) is 5.33. The predicted octanol–water partition coefficient (Wildman–Crippen LogP) is 3.07. The summed E-state index contributed by atoms with van der Waals surface area (Å²) in [4.78, 5) is 35.1. The summed E-state index contributed by atoms with van der Waals surface area (Å²) in [5.74, 6) is -0.528. The molecule has 7 heteroatoms. The van der Waals surface area contributed by atoms with E-state index in [9.17, 15) is 14.4 Å². The smallest absolute Gasteiger partial charge is 0.344 e. The first-order valence-electron chi connectivity index (χ1n) is 8.68. The average molecular weight is 385 g/mol. The number of esters is 1. The van der Waals surface area contributed by atoms with Crippen LogP contribution in [0.15, 0.2) is 36.4 Å². The second-order valence-electron chi connectivity index (χ2n) is 6.20. The molecule has 0 saturated carbocycles. The normalized spacial score (nSPS) is 11.3. The summed E-state index contributed by atoms with van der Waals surface area (Å²) < 4.78 is 15.6. The highest BCUT2D eigenvalue weighted by molar-refractivity contribution is 5.96. The topological polar surface area (TPSA) is 90.9 Å². The average Bonchev–Trinajstić information content (AvgIpc) is 2.68. The van der Waals surface area contributed by atoms with Crippen molar-refractivity contribution in [3.8, 4) is 11.5 Å². The van der Waals surface area contributed by atoms with Gasteiger partial charge in [-0.15, -0.1) is 0 Å². The maximum absolute atomic E-state index is 12.3. The molecule has 0 aliphatic rings. The molecule has 0 fully saturated rings. The minimum absolute atomic E-state index is 0.290. The standard InChI is InChI=1S/C21H23NO6/c1-13-6-5-7-14(2)20(13)22-21(25)15(3)28-19(24)12-27-17-9-8-16(11-23)10-18(17)26-4/h5-11,15H,12H2,1-4H3,(H,22,25)/t15-/m0/s1. The molecular formula is C21H23NO6. The number of nitrogens with one attached hydrogen (secondary N) is 1. The van der Waals surface area contributed by atoms with E-state index in [-0.39, 0.29) is 5.75 Å². The number of aldehydes is 1. The van der Waals surface area contributed by atoms with Crippen molar-refractivity contribution in [1.29, 1.82) is 0 Å². The summed E-state index contributed by atoms with van der Waals surface area (Å²) in [6, 6.07) is 10.2. The zero-order valence-electron chi connectivity index (χ0n) is 16.3. The van der Waals surface area contributed by atoms with E-state index in [1.807, 2.05) is 32.0 Å². The van der Waals surface area contributed by atoms with Gasteiger partial charge in [-0.05, 0) is 50.1 Å². The first kappa shape index (κ1) is 21.0. The van der Waals surface area contributed by atoms with Crippen molar-refractivity contribution in [2.75, 3.05) is 19.0 Å². The van der Waals surface area contributed by atoms with E-state index in [1.54, 1.807) is 0 Å². The van der Waals surface area contributed by atoms with Crippen LogP contribution in [-0.4, -0.2) is 38.0 Å². The molecule has 28 heavy (non-hydrogen) atoms. The summed E-state index contributed by atoms with van der Waals surface area (Å²) in [6.07, 6.45) is -0.314. The number of rotatable bonds is 8. The van der Waals surface area contributed by atoms with Crippen LogP contribution in [0.5, 0.6) is 11.5 Å². The maximum atomic E-state index is 12.3. The quantitative estimate of drug-likeness (QED) is 0.555. The molecule has 0 unspecified atom stereocenters. The van der Waals surface area contributed by atoms with Gasteiger partial charge in [0.05, 0.1) is 7.11 Å². The Morgan fingerprint density at radius 1 is 1.11 bits per heavy atom. The van der Waals surface area contributed by atoms with Crippen LogP contribution in [0.2, 0.25) is 0 Å². The number of methoxy groups -OCH3 is 1. The van der Waals surface area contributed by atoms with Gasteiger partial charge in [0.1, 0.15) is 6.29 Å². The number of carbonyl (C=O) groups excluding carboxylic acids is 3. The molecule has 0 radical (unpaired) electrons. The minimum Gasteiger partial charge on any atom is -0.493 e. The third-order valence-electron chi connectivity index (χ3n) is 4.08. The number of carbonyl (C=O) groups is 3. The molecule has 0 spiro atoms. The predicted molar refractivity (Wildman–Crippen MR) is 104 cm³/mol. The fraction of sp³-hybridized carbons (Fsp3) is 0.286. The van der Waals surface area contributed by atoms with E-state index in [2.05, 4.69) is 5.32 Å². The van der Waals surface area contributed by atoms with Crippen molar-refractivity contribution >= 4 is 23.9 Å². The van der Waals surface area contributed by atoms with Gasteiger partial charge < -0.3 is 19.5 Å². The van der Waals surface area contributed by atoms with E-state index >= 15 is 0 Å². The molecule has 148 valence electrons. The van der Waals surface area contributed by atoms with Crippen LogP contribution in [0, 0.1) is 13.8 Å². The first-order valence-corrected chi connectivity index (χ1v) is 8.68. The van der Waals surface area contributed by atoms with E-state index in [0.29, 0.717) is 23.3 Å². The fourth-order valence-corrected chi connectivity index (χ4v) is 2.53. The Morgan fingerprint density at radius 3 is 2.39 bits per heavy atom. The van der Waals surface area contributed by atoms with Crippen molar-refractivity contribution in [3.63, 3.8) is 0 Å². The minimum atomic E-state index is -0.991. The number of hydrogen-bond donors (Lipinski definition) is 1. The van der Waals surface area contributed by atoms with Crippen LogP contribution >= 0.6 is 0 Å². The van der Waals surface area contributed by atoms with Gasteiger partial charge in [-0.3, -0.25) is 9.59 Å². The zero-order valence-corrected chi connectivity index (χ0v) is 16.3. The van der Waals surface area contributed by atoms with Gasteiger partial charge in [-0.25, -0.2) is 4.79 Å². The molecule has 0 aliphatic carbocycles. The van der Waals surface area contributed by atoms with Crippen LogP contribution in [0.4, 0.5) is 5.69 Å². The van der Waals surface area contributed by atoms with Crippen molar-refractivity contribution in [2.45, 2.75) is 26.9 Å². The van der Waals surface area contributed by atoms with Crippen molar-refractivity contribution in [2.24, 2.45) is 0 Å². The molecule has 0 bridgehead atoms. The largest absolute Gasteiger partial charge is 0.493 e. The lowest BCUT2D eigenvalue weighted by Gasteiger charge is -2.16. The Balaban J connectivity index is 1.92. The van der Waals surface area contributed by atoms with Crippen LogP contribution in [-0.2, 0) is 14.3 Å². The van der Waals surface area contributed by atoms with E-state index in [0.717, 1.165) is 11.1 Å². The lowest BCUT2D eigenvalue weighted by Crippen LogP contribution is -2.32. The van der Waals surface area contributed by atoms with Crippen LogP contribution in [0.25, 0.3) is 0 Å². The summed E-state index contributed by atoms with van der Waals surface area (Å²) in [7, 11) is 1.43. The van der Waals surface area contributed by atoms with Crippen LogP contribution in [0.1, 0.15) is 28.4 Å². The van der Waals surface area contributed by atoms with E-state index in [1.165, 1.54) is 32.2 Å². The highest BCUT2D eigenvalue weighted by Gasteiger charge is 2.20. The molecule has 0 aliphatic heterocycles. The zero-order chi connectivity index (χ0) is 20.7. The second-order valence-corrected chi connectivity index (χ2v) is 6.20. The summed E-state index contributed by atoms with van der Waals surface area (Å²) in [5, 5.41) is 2.78. The lowest BCUT2D eigenvalue weighted by atomic mass is 10.1. The molecule has 7 nitrogen and oxygen atoms in total. The molecule has 1 atom stereocenters. The highest BCUT2D eigenvalue weighted by Crippen LogP contribution is 2.27.